The van der Waals surface area contributed by atoms with Crippen molar-refractivity contribution in [3.8, 4) is 49.8 Å². The molecule has 0 saturated heterocycles. The number of phenols is 1. The quantitative estimate of drug-likeness (QED) is 0.180. The molecule has 0 atom stereocenters. The Balaban J connectivity index is 0.00000504. The smallest absolute Gasteiger partial charge is 0.129 e. The van der Waals surface area contributed by atoms with Crippen molar-refractivity contribution in [3.63, 3.8) is 0 Å². The van der Waals surface area contributed by atoms with Gasteiger partial charge in [0.25, 0.3) is 0 Å². The number of hydrogen-bond acceptors (Lipinski definition) is 4. The van der Waals surface area contributed by atoms with E-state index in [9.17, 15) is 5.11 Å². The van der Waals surface area contributed by atoms with Crippen LogP contribution in [0.3, 0.4) is 0 Å². The van der Waals surface area contributed by atoms with Gasteiger partial charge in [0, 0.05) is 43.2 Å². The Morgan fingerprint density at radius 2 is 1.18 bits per heavy atom. The summed E-state index contributed by atoms with van der Waals surface area (Å²) in [4.78, 5) is 10.2. The molecule has 0 saturated carbocycles. The number of phenolic OH excluding ortho intramolecular Hbond substituents is 1. The summed E-state index contributed by atoms with van der Waals surface area (Å²) in [6.07, 6.45) is 1.91. The summed E-state index contributed by atoms with van der Waals surface area (Å²) in [5.41, 5.74) is 12.0. The minimum atomic E-state index is -0.233. The molecule has 4 aromatic carbocycles. The van der Waals surface area contributed by atoms with Crippen molar-refractivity contribution >= 4 is 21.6 Å². The maximum absolute atomic E-state index is 11.8. The van der Waals surface area contributed by atoms with Crippen molar-refractivity contribution in [2.45, 2.75) is 105 Å². The molecule has 0 bridgehead atoms. The van der Waals surface area contributed by atoms with Gasteiger partial charge in [-0.15, -0.1) is 35.1 Å². The molecule has 0 fully saturated rings. The van der Waals surface area contributed by atoms with Crippen molar-refractivity contribution < 1.29 is 26.2 Å². The fourth-order valence-corrected chi connectivity index (χ4v) is 7.33. The van der Waals surface area contributed by atoms with Crippen LogP contribution in [0.2, 0.25) is 0 Å². The number of fused-ring (bicyclic) bond motifs is 1. The zero-order valence-corrected chi connectivity index (χ0v) is 35.2. The molecule has 1 N–H and O–H groups in total. The maximum atomic E-state index is 11.8. The van der Waals surface area contributed by atoms with Crippen LogP contribution in [0.25, 0.3) is 54.3 Å². The van der Waals surface area contributed by atoms with E-state index in [1.54, 1.807) is 11.3 Å². The summed E-state index contributed by atoms with van der Waals surface area (Å²) < 4.78 is 1.09. The molecule has 0 spiro atoms. The summed E-state index contributed by atoms with van der Waals surface area (Å²) in [5, 5.41) is 12.6. The average Bonchev–Trinajstić information content (AvgIpc) is 3.47. The van der Waals surface area contributed by atoms with E-state index in [1.165, 1.54) is 16.7 Å². The molecule has 6 aromatic rings. The minimum Gasteiger partial charge on any atom is -0.507 e. The molecule has 0 aliphatic rings. The van der Waals surface area contributed by atoms with Gasteiger partial charge in [-0.1, -0.05) is 148 Å². The van der Waals surface area contributed by atoms with Crippen LogP contribution in [0.5, 0.6) is 5.75 Å². The topological polar surface area (TPSA) is 46.0 Å². The van der Waals surface area contributed by atoms with Gasteiger partial charge in [-0.05, 0) is 62.1 Å². The molecule has 0 aliphatic heterocycles. The Labute approximate surface area is 323 Å². The van der Waals surface area contributed by atoms with Gasteiger partial charge in [0.05, 0.1) is 11.1 Å². The predicted molar refractivity (Wildman–Crippen MR) is 214 cm³/mol. The third-order valence-corrected chi connectivity index (χ3v) is 10.6. The summed E-state index contributed by atoms with van der Waals surface area (Å²) in [7, 11) is 0. The fraction of sp³-hybridized carbons (Fsp3) is 0.348. The third kappa shape index (κ3) is 8.08. The van der Waals surface area contributed by atoms with Crippen molar-refractivity contribution in [1.29, 1.82) is 0 Å². The second-order valence-corrected chi connectivity index (χ2v) is 18.8. The second-order valence-electron chi connectivity index (χ2n) is 17.8. The molecular weight excluding hydrogens is 824 g/mol. The van der Waals surface area contributed by atoms with Crippen LogP contribution in [-0.2, 0) is 42.7 Å². The number of thiazole rings is 1. The Kier molecular flexibility index (Phi) is 10.4. The zero-order valence-electron chi connectivity index (χ0n) is 32.1. The number of hydrogen-bond donors (Lipinski definition) is 1. The van der Waals surface area contributed by atoms with Crippen molar-refractivity contribution in [1.82, 2.24) is 9.97 Å². The maximum Gasteiger partial charge on any atom is 0.129 e. The number of benzene rings is 4. The van der Waals surface area contributed by atoms with Crippen LogP contribution in [0.15, 0.2) is 85.1 Å². The second kappa shape index (κ2) is 13.8. The molecule has 2 aromatic heterocycles. The first-order valence-electron chi connectivity index (χ1n) is 17.6. The van der Waals surface area contributed by atoms with Crippen LogP contribution in [0.1, 0.15) is 105 Å². The van der Waals surface area contributed by atoms with E-state index < -0.39 is 0 Å². The normalized spacial score (nSPS) is 12.6. The fourth-order valence-electron chi connectivity index (χ4n) is 6.28. The molecule has 3 nitrogen and oxygen atoms in total. The largest absolute Gasteiger partial charge is 0.507 e. The number of aromatic hydroxyl groups is 1. The average molecular weight is 875 g/mol. The molecule has 5 heteroatoms. The molecule has 0 radical (unpaired) electrons. The van der Waals surface area contributed by atoms with Crippen molar-refractivity contribution in [2.75, 3.05) is 0 Å². The third-order valence-electron chi connectivity index (χ3n) is 9.54. The Hall–Kier alpha value is -3.59. The van der Waals surface area contributed by atoms with Crippen LogP contribution in [0.4, 0.5) is 0 Å². The number of nitrogens with zero attached hydrogens (tertiary/aromatic N) is 2. The molecule has 6 rings (SSSR count). The number of pyridine rings is 1. The number of aromatic nitrogens is 2. The molecule has 268 valence electrons. The molecule has 2 heterocycles. The van der Waals surface area contributed by atoms with Gasteiger partial charge in [0.2, 0.25) is 0 Å². The van der Waals surface area contributed by atoms with E-state index in [2.05, 4.69) is 168 Å². The van der Waals surface area contributed by atoms with Crippen molar-refractivity contribution in [3.05, 3.63) is 113 Å². The van der Waals surface area contributed by atoms with Crippen LogP contribution in [0, 0.1) is 6.07 Å². The van der Waals surface area contributed by atoms with E-state index in [0.29, 0.717) is 5.75 Å². The molecule has 0 amide bonds. The molecule has 0 aliphatic carbocycles. The Morgan fingerprint density at radius 3 is 1.78 bits per heavy atom. The van der Waals surface area contributed by atoms with E-state index in [0.717, 1.165) is 59.9 Å². The van der Waals surface area contributed by atoms with Crippen molar-refractivity contribution in [2.24, 2.45) is 0 Å². The van der Waals surface area contributed by atoms with Gasteiger partial charge in [-0.2, -0.15) is 0 Å². The minimum absolute atomic E-state index is 0. The standard InChI is InChI=1S/C46H51N2OS.Pt/c1-43(2,3)32-18-19-47-38(26-32)31-21-29(28-16-14-13-15-17-28)20-30(22-31)35-23-34(45(7,8)9)27-39-40(35)48-42(50-39)36-24-33(44(4,5)6)25-37(41(36)49)46(10,11)12;/h13-21,23-27,49H,1-12H3;/q-1;. The van der Waals surface area contributed by atoms with Gasteiger partial charge in [0.1, 0.15) is 10.8 Å². The van der Waals surface area contributed by atoms with Crippen LogP contribution < -0.4 is 0 Å². The summed E-state index contributed by atoms with van der Waals surface area (Å²) >= 11 is 1.65. The van der Waals surface area contributed by atoms with Crippen LogP contribution >= 0.6 is 11.3 Å². The first-order valence-corrected chi connectivity index (χ1v) is 18.5. The van der Waals surface area contributed by atoms with Gasteiger partial charge in [-0.3, -0.25) is 4.98 Å². The first kappa shape index (κ1) is 38.6. The van der Waals surface area contributed by atoms with Gasteiger partial charge >= 0.3 is 0 Å². The zero-order chi connectivity index (χ0) is 36.4. The first-order chi connectivity index (χ1) is 23.2. The van der Waals surface area contributed by atoms with E-state index in [4.69, 9.17) is 9.97 Å². The monoisotopic (exact) mass is 874 g/mol. The molecule has 0 unspecified atom stereocenters. The summed E-state index contributed by atoms with van der Waals surface area (Å²) in [5.74, 6) is 0.312. The molecule has 51 heavy (non-hydrogen) atoms. The Bertz CT molecular complexity index is 2200. The Morgan fingerprint density at radius 1 is 0.588 bits per heavy atom. The number of rotatable bonds is 4. The van der Waals surface area contributed by atoms with Gasteiger partial charge in [-0.25, -0.2) is 4.98 Å². The summed E-state index contributed by atoms with van der Waals surface area (Å²) in [6, 6.07) is 32.0. The van der Waals surface area contributed by atoms with E-state index in [-0.39, 0.29) is 42.7 Å². The van der Waals surface area contributed by atoms with E-state index in [1.807, 2.05) is 6.20 Å². The SMILES string of the molecule is CC(C)(C)c1ccnc(-c2[c-]c(-c3cc(C(C)(C)C)cc4sc(-c5cc(C(C)(C)C)cc(C(C)(C)C)c5O)nc34)cc(-c3ccccc3)c2)c1.[Pt]. The van der Waals surface area contributed by atoms with E-state index >= 15 is 0 Å². The predicted octanol–water partition coefficient (Wildman–Crippen LogP) is 13.1. The van der Waals surface area contributed by atoms with Gasteiger partial charge < -0.3 is 5.11 Å². The molecular formula is C46H51N2OPtS-. The van der Waals surface area contributed by atoms with Crippen LogP contribution in [-0.4, -0.2) is 15.1 Å². The summed E-state index contributed by atoms with van der Waals surface area (Å²) in [6.45, 7) is 26.6. The van der Waals surface area contributed by atoms with Gasteiger partial charge in [0.15, 0.2) is 0 Å².